The molecule has 0 unspecified atom stereocenters. The van der Waals surface area contributed by atoms with Crippen LogP contribution < -0.4 is 9.03 Å². The standard InChI is InChI=1S/C10H14N2S/c1-9-3-5-10(6-4-9)12-8-2-7-11-13-12/h3-6,11H,2,7-8H2,1H3. The average molecular weight is 194 g/mol. The third kappa shape index (κ3) is 2.17. The fourth-order valence-corrected chi connectivity index (χ4v) is 2.20. The summed E-state index contributed by atoms with van der Waals surface area (Å²) in [6.45, 7) is 4.37. The lowest BCUT2D eigenvalue weighted by Crippen LogP contribution is -2.29. The molecule has 1 fully saturated rings. The molecule has 70 valence electrons. The van der Waals surface area contributed by atoms with Crippen LogP contribution in [-0.4, -0.2) is 13.1 Å². The van der Waals surface area contributed by atoms with Crippen LogP contribution in [-0.2, 0) is 0 Å². The van der Waals surface area contributed by atoms with Crippen LogP contribution in [0.15, 0.2) is 24.3 Å². The Morgan fingerprint density at radius 2 is 2.08 bits per heavy atom. The zero-order valence-electron chi connectivity index (χ0n) is 7.79. The Kier molecular flexibility index (Phi) is 2.76. The first-order chi connectivity index (χ1) is 6.36. The van der Waals surface area contributed by atoms with Crippen LogP contribution in [0, 0.1) is 6.92 Å². The van der Waals surface area contributed by atoms with Gasteiger partial charge in [-0.2, -0.15) is 0 Å². The highest BCUT2D eigenvalue weighted by Crippen LogP contribution is 2.23. The quantitative estimate of drug-likeness (QED) is 0.691. The van der Waals surface area contributed by atoms with E-state index in [1.807, 2.05) is 0 Å². The lowest BCUT2D eigenvalue weighted by Gasteiger charge is -2.27. The summed E-state index contributed by atoms with van der Waals surface area (Å²) in [5.41, 5.74) is 2.61. The van der Waals surface area contributed by atoms with Crippen LogP contribution in [0.1, 0.15) is 12.0 Å². The highest BCUT2D eigenvalue weighted by atomic mass is 32.2. The molecule has 0 aliphatic carbocycles. The minimum absolute atomic E-state index is 1.12. The Balaban J connectivity index is 2.10. The van der Waals surface area contributed by atoms with Crippen LogP contribution in [0.25, 0.3) is 0 Å². The minimum Gasteiger partial charge on any atom is -0.303 e. The number of benzene rings is 1. The first-order valence-electron chi connectivity index (χ1n) is 4.60. The summed E-state index contributed by atoms with van der Waals surface area (Å²) < 4.78 is 5.59. The first-order valence-corrected chi connectivity index (χ1v) is 5.37. The normalized spacial score (nSPS) is 17.5. The van der Waals surface area contributed by atoms with Crippen molar-refractivity contribution in [3.8, 4) is 0 Å². The summed E-state index contributed by atoms with van der Waals surface area (Å²) >= 11 is 1.71. The number of rotatable bonds is 1. The van der Waals surface area contributed by atoms with Gasteiger partial charge in [-0.05, 0) is 25.5 Å². The molecule has 2 nitrogen and oxygen atoms in total. The van der Waals surface area contributed by atoms with E-state index in [-0.39, 0.29) is 0 Å². The Morgan fingerprint density at radius 3 is 2.69 bits per heavy atom. The summed E-state index contributed by atoms with van der Waals surface area (Å²) in [6.07, 6.45) is 1.22. The maximum absolute atomic E-state index is 3.29. The Labute approximate surface area is 83.6 Å². The molecule has 3 heteroatoms. The zero-order valence-corrected chi connectivity index (χ0v) is 8.60. The molecule has 13 heavy (non-hydrogen) atoms. The molecule has 1 aromatic rings. The average Bonchev–Trinajstić information content (AvgIpc) is 2.20. The molecule has 1 heterocycles. The molecule has 1 aliphatic rings. The summed E-state index contributed by atoms with van der Waals surface area (Å²) in [5.74, 6) is 0. The molecule has 1 aromatic carbocycles. The van der Waals surface area contributed by atoms with E-state index in [0.717, 1.165) is 13.1 Å². The molecule has 1 aliphatic heterocycles. The molecule has 0 radical (unpaired) electrons. The largest absolute Gasteiger partial charge is 0.303 e. The lowest BCUT2D eigenvalue weighted by atomic mass is 10.2. The molecule has 1 saturated heterocycles. The molecule has 1 N–H and O–H groups in total. The zero-order chi connectivity index (χ0) is 9.10. The van der Waals surface area contributed by atoms with Gasteiger partial charge in [-0.1, -0.05) is 17.7 Å². The number of nitrogens with zero attached hydrogens (tertiary/aromatic N) is 1. The van der Waals surface area contributed by atoms with E-state index in [2.05, 4.69) is 40.2 Å². The van der Waals surface area contributed by atoms with Crippen molar-refractivity contribution in [2.75, 3.05) is 17.4 Å². The number of nitrogens with one attached hydrogen (secondary N) is 1. The van der Waals surface area contributed by atoms with Crippen LogP contribution in [0.4, 0.5) is 5.69 Å². The van der Waals surface area contributed by atoms with E-state index in [9.17, 15) is 0 Å². The van der Waals surface area contributed by atoms with Gasteiger partial charge in [0, 0.05) is 30.9 Å². The topological polar surface area (TPSA) is 15.3 Å². The first kappa shape index (κ1) is 8.91. The number of aryl methyl sites for hydroxylation is 1. The second-order valence-corrected chi connectivity index (χ2v) is 4.19. The maximum Gasteiger partial charge on any atom is 0.0482 e. The fourth-order valence-electron chi connectivity index (χ4n) is 1.36. The van der Waals surface area contributed by atoms with Crippen LogP contribution >= 0.6 is 12.1 Å². The van der Waals surface area contributed by atoms with Crippen molar-refractivity contribution in [1.29, 1.82) is 0 Å². The van der Waals surface area contributed by atoms with Gasteiger partial charge >= 0.3 is 0 Å². The fraction of sp³-hybridized carbons (Fsp3) is 0.400. The van der Waals surface area contributed by atoms with Crippen molar-refractivity contribution < 1.29 is 0 Å². The third-order valence-corrected chi connectivity index (χ3v) is 3.08. The van der Waals surface area contributed by atoms with Crippen LogP contribution in [0.3, 0.4) is 0 Å². The van der Waals surface area contributed by atoms with Crippen molar-refractivity contribution in [2.24, 2.45) is 0 Å². The Hall–Kier alpha value is -0.670. The minimum atomic E-state index is 1.12. The van der Waals surface area contributed by atoms with Gasteiger partial charge in [0.15, 0.2) is 0 Å². The van der Waals surface area contributed by atoms with Gasteiger partial charge in [-0.25, -0.2) is 4.72 Å². The van der Waals surface area contributed by atoms with Gasteiger partial charge in [-0.3, -0.25) is 0 Å². The second kappa shape index (κ2) is 4.03. The molecule has 2 rings (SSSR count). The van der Waals surface area contributed by atoms with Crippen molar-refractivity contribution in [1.82, 2.24) is 4.72 Å². The van der Waals surface area contributed by atoms with Gasteiger partial charge < -0.3 is 4.31 Å². The maximum atomic E-state index is 3.29. The number of hydrogen-bond donors (Lipinski definition) is 1. The van der Waals surface area contributed by atoms with Gasteiger partial charge in [0.2, 0.25) is 0 Å². The molecule has 0 atom stereocenters. The molecule has 0 spiro atoms. The van der Waals surface area contributed by atoms with Crippen molar-refractivity contribution >= 4 is 17.8 Å². The van der Waals surface area contributed by atoms with E-state index >= 15 is 0 Å². The van der Waals surface area contributed by atoms with Crippen LogP contribution in [0.5, 0.6) is 0 Å². The molecular weight excluding hydrogens is 180 g/mol. The van der Waals surface area contributed by atoms with E-state index < -0.39 is 0 Å². The monoisotopic (exact) mass is 194 g/mol. The number of hydrogen-bond acceptors (Lipinski definition) is 3. The third-order valence-electron chi connectivity index (χ3n) is 2.14. The van der Waals surface area contributed by atoms with Gasteiger partial charge in [-0.15, -0.1) is 0 Å². The van der Waals surface area contributed by atoms with Crippen molar-refractivity contribution in [3.05, 3.63) is 29.8 Å². The van der Waals surface area contributed by atoms with Crippen molar-refractivity contribution in [3.63, 3.8) is 0 Å². The van der Waals surface area contributed by atoms with Gasteiger partial charge in [0.05, 0.1) is 0 Å². The summed E-state index contributed by atoms with van der Waals surface area (Å²) in [6, 6.07) is 8.67. The summed E-state index contributed by atoms with van der Waals surface area (Å²) in [7, 11) is 0. The molecule has 0 saturated carbocycles. The predicted molar refractivity (Wildman–Crippen MR) is 58.7 cm³/mol. The molecular formula is C10H14N2S. The highest BCUT2D eigenvalue weighted by molar-refractivity contribution is 7.98. The SMILES string of the molecule is Cc1ccc(N2CCCNS2)cc1. The van der Waals surface area contributed by atoms with E-state index in [1.54, 1.807) is 12.1 Å². The Bertz CT molecular complexity index is 265. The molecule has 0 bridgehead atoms. The van der Waals surface area contributed by atoms with Crippen LogP contribution in [0.2, 0.25) is 0 Å². The van der Waals surface area contributed by atoms with E-state index in [0.29, 0.717) is 0 Å². The predicted octanol–water partition coefficient (Wildman–Crippen LogP) is 2.36. The highest BCUT2D eigenvalue weighted by Gasteiger charge is 2.10. The molecule has 0 amide bonds. The second-order valence-electron chi connectivity index (χ2n) is 3.28. The van der Waals surface area contributed by atoms with Crippen molar-refractivity contribution in [2.45, 2.75) is 13.3 Å². The molecule has 0 aromatic heterocycles. The van der Waals surface area contributed by atoms with Gasteiger partial charge in [0.25, 0.3) is 0 Å². The van der Waals surface area contributed by atoms with E-state index in [4.69, 9.17) is 0 Å². The smallest absolute Gasteiger partial charge is 0.0482 e. The summed E-state index contributed by atoms with van der Waals surface area (Å²) in [4.78, 5) is 0. The van der Waals surface area contributed by atoms with Gasteiger partial charge in [0.1, 0.15) is 0 Å². The number of anilines is 1. The van der Waals surface area contributed by atoms with E-state index in [1.165, 1.54) is 17.7 Å². The summed E-state index contributed by atoms with van der Waals surface area (Å²) in [5, 5.41) is 0. The lowest BCUT2D eigenvalue weighted by molar-refractivity contribution is 0.777. The Morgan fingerprint density at radius 1 is 1.31 bits per heavy atom.